The largest absolute Gasteiger partial charge is 1.00 e. The second kappa shape index (κ2) is 47.2. The predicted molar refractivity (Wildman–Crippen MR) is 218 cm³/mol. The zero-order valence-electron chi connectivity index (χ0n) is 34.8. The second-order valence-electron chi connectivity index (χ2n) is 16.5. The van der Waals surface area contributed by atoms with Crippen molar-refractivity contribution >= 4 is 0 Å². The van der Waals surface area contributed by atoms with Crippen molar-refractivity contribution < 1.29 is 28.0 Å². The van der Waals surface area contributed by atoms with Crippen LogP contribution >= 0.6 is 0 Å². The maximum absolute atomic E-state index is 9.53. The highest BCUT2D eigenvalue weighted by Gasteiger charge is 2.14. The Hall–Kier alpha value is 0.170. The Bertz CT molecular complexity index is 530. The van der Waals surface area contributed by atoms with Gasteiger partial charge in [-0.2, -0.15) is 10.4 Å². The second-order valence-corrected chi connectivity index (χ2v) is 16.5. The van der Waals surface area contributed by atoms with Crippen molar-refractivity contribution in [1.82, 2.24) is 0 Å². The van der Waals surface area contributed by atoms with Crippen LogP contribution in [0.1, 0.15) is 284 Å². The molecule has 0 atom stereocenters. The quantitative estimate of drug-likeness (QED) is 0.0432. The molecule has 0 amide bonds. The maximum Gasteiger partial charge on any atom is 0.142 e. The van der Waals surface area contributed by atoms with Gasteiger partial charge in [-0.1, -0.05) is 276 Å². The van der Waals surface area contributed by atoms with Crippen LogP contribution < -0.4 is 17.6 Å². The van der Waals surface area contributed by atoms with E-state index in [0.717, 1.165) is 0 Å². The molecule has 50 heavy (non-hydrogen) atoms. The molecule has 0 aromatic rings. The SMILES string of the molecule is CCCCCCCCCCCCCCCCCCCCCCC(CCCCCCCCCCCCCCCCCCCCCC)C[NH+](O)O.[Cl-]. The first-order valence-corrected chi connectivity index (χ1v) is 23.4. The minimum atomic E-state index is -0.341. The molecule has 0 saturated carbocycles. The van der Waals surface area contributed by atoms with Gasteiger partial charge in [0.2, 0.25) is 0 Å². The summed E-state index contributed by atoms with van der Waals surface area (Å²) in [5.74, 6) is 0.469. The summed E-state index contributed by atoms with van der Waals surface area (Å²) in [5.41, 5.74) is 0. The topological polar surface area (TPSA) is 44.9 Å². The smallest absolute Gasteiger partial charge is 0.142 e. The minimum Gasteiger partial charge on any atom is -1.00 e. The first-order valence-electron chi connectivity index (χ1n) is 23.4. The van der Waals surface area contributed by atoms with Gasteiger partial charge >= 0.3 is 0 Å². The summed E-state index contributed by atoms with van der Waals surface area (Å²) in [6, 6.07) is 0. The van der Waals surface area contributed by atoms with Crippen molar-refractivity contribution in [1.29, 1.82) is 0 Å². The van der Waals surface area contributed by atoms with E-state index in [0.29, 0.717) is 12.5 Å². The van der Waals surface area contributed by atoms with Crippen molar-refractivity contribution in [3.8, 4) is 0 Å². The van der Waals surface area contributed by atoms with Crippen LogP contribution in [-0.2, 0) is 0 Å². The number of hydrogen-bond donors (Lipinski definition) is 3. The summed E-state index contributed by atoms with van der Waals surface area (Å²) >= 11 is 0. The van der Waals surface area contributed by atoms with Gasteiger partial charge in [0.1, 0.15) is 6.54 Å². The summed E-state index contributed by atoms with van der Waals surface area (Å²) in [6.07, 6.45) is 59.2. The number of nitrogens with one attached hydrogen (secondary N) is 1. The third-order valence-electron chi connectivity index (χ3n) is 11.4. The van der Waals surface area contributed by atoms with E-state index in [1.165, 1.54) is 270 Å². The average molecular weight is 731 g/mol. The first-order chi connectivity index (χ1) is 24.2. The Morgan fingerprint density at radius 3 is 0.600 bits per heavy atom. The Labute approximate surface area is 323 Å². The van der Waals surface area contributed by atoms with Crippen LogP contribution in [0.3, 0.4) is 0 Å². The number of rotatable bonds is 44. The maximum atomic E-state index is 9.53. The van der Waals surface area contributed by atoms with Crippen LogP contribution in [0.4, 0.5) is 0 Å². The summed E-state index contributed by atoms with van der Waals surface area (Å²) in [6.45, 7) is 5.10. The summed E-state index contributed by atoms with van der Waals surface area (Å²) < 4.78 is 0. The van der Waals surface area contributed by atoms with Gasteiger partial charge in [-0.05, 0) is 12.8 Å². The van der Waals surface area contributed by atoms with E-state index in [4.69, 9.17) is 0 Å². The van der Waals surface area contributed by atoms with Gasteiger partial charge < -0.3 is 12.4 Å². The van der Waals surface area contributed by atoms with E-state index in [2.05, 4.69) is 13.8 Å². The molecule has 304 valence electrons. The van der Waals surface area contributed by atoms with Crippen LogP contribution in [0.2, 0.25) is 0 Å². The molecule has 0 radical (unpaired) electrons. The Morgan fingerprint density at radius 1 is 0.280 bits per heavy atom. The van der Waals surface area contributed by atoms with Gasteiger partial charge in [0.25, 0.3) is 0 Å². The molecule has 3 nitrogen and oxygen atoms in total. The standard InChI is InChI=1S/C46H95NO2.ClH/c1-3-5-7-9-11-13-15-17-19-21-23-25-27-29-31-33-35-37-39-41-43-46(45-47(48)49)44-42-40-38-36-34-32-30-28-26-24-22-20-18-16-14-12-10-8-6-4-2;/h46,48-49H,3-45H2,1-2H3;1H. The third kappa shape index (κ3) is 46.2. The molecule has 0 aliphatic carbocycles. The number of hydroxylamine groups is 2. The third-order valence-corrected chi connectivity index (χ3v) is 11.4. The van der Waals surface area contributed by atoms with E-state index in [1.807, 2.05) is 0 Å². The summed E-state index contributed by atoms with van der Waals surface area (Å²) in [7, 11) is 0. The molecule has 0 spiro atoms. The van der Waals surface area contributed by atoms with Crippen molar-refractivity contribution in [3.63, 3.8) is 0 Å². The molecule has 0 aromatic heterocycles. The van der Waals surface area contributed by atoms with E-state index in [1.54, 1.807) is 0 Å². The molecule has 0 aromatic carbocycles. The lowest BCUT2D eigenvalue weighted by Crippen LogP contribution is -3.07. The fourth-order valence-electron chi connectivity index (χ4n) is 7.98. The minimum absolute atomic E-state index is 0. The summed E-state index contributed by atoms with van der Waals surface area (Å²) in [5, 5.41) is 18.7. The lowest BCUT2D eigenvalue weighted by atomic mass is 9.94. The Morgan fingerprint density at radius 2 is 0.440 bits per heavy atom. The highest BCUT2D eigenvalue weighted by molar-refractivity contribution is 4.60. The number of hydrogen-bond acceptors (Lipinski definition) is 2. The molecule has 0 fully saturated rings. The number of halogens is 1. The molecule has 0 aliphatic heterocycles. The van der Waals surface area contributed by atoms with Crippen molar-refractivity contribution in [2.45, 2.75) is 284 Å². The van der Waals surface area contributed by atoms with Gasteiger partial charge in [-0.15, -0.1) is 0 Å². The first kappa shape index (κ1) is 52.3. The molecule has 4 heteroatoms. The summed E-state index contributed by atoms with van der Waals surface area (Å²) in [4.78, 5) is 0. The van der Waals surface area contributed by atoms with Crippen LogP contribution in [0.15, 0.2) is 0 Å². The van der Waals surface area contributed by atoms with E-state index >= 15 is 0 Å². The van der Waals surface area contributed by atoms with Gasteiger partial charge in [0.15, 0.2) is 0 Å². The molecule has 0 rings (SSSR count). The molecule has 0 saturated heterocycles. The zero-order chi connectivity index (χ0) is 35.6. The van der Waals surface area contributed by atoms with Gasteiger partial charge in [0, 0.05) is 5.92 Å². The number of quaternary nitrogens is 1. The average Bonchev–Trinajstić information content (AvgIpc) is 3.09. The van der Waals surface area contributed by atoms with Crippen LogP contribution in [-0.4, -0.2) is 17.0 Å². The van der Waals surface area contributed by atoms with E-state index in [9.17, 15) is 10.4 Å². The molecule has 0 bridgehead atoms. The fraction of sp³-hybridized carbons (Fsp3) is 1.00. The van der Waals surface area contributed by atoms with Gasteiger partial charge in [0.05, 0.1) is 0 Å². The van der Waals surface area contributed by atoms with Crippen molar-refractivity contribution in [2.24, 2.45) is 5.92 Å². The zero-order valence-corrected chi connectivity index (χ0v) is 35.5. The monoisotopic (exact) mass is 730 g/mol. The van der Waals surface area contributed by atoms with Crippen molar-refractivity contribution in [3.05, 3.63) is 0 Å². The van der Waals surface area contributed by atoms with Crippen LogP contribution in [0.5, 0.6) is 0 Å². The molecular formula is C46H96ClNO2. The van der Waals surface area contributed by atoms with E-state index < -0.39 is 0 Å². The predicted octanol–water partition coefficient (Wildman–Crippen LogP) is 12.7. The number of unbranched alkanes of at least 4 members (excludes halogenated alkanes) is 38. The van der Waals surface area contributed by atoms with Crippen molar-refractivity contribution in [2.75, 3.05) is 6.54 Å². The molecular weight excluding hydrogens is 634 g/mol. The Balaban J connectivity index is 0. The lowest BCUT2D eigenvalue weighted by molar-refractivity contribution is -1.24. The van der Waals surface area contributed by atoms with Crippen LogP contribution in [0.25, 0.3) is 0 Å². The normalized spacial score (nSPS) is 11.6. The lowest BCUT2D eigenvalue weighted by Gasteiger charge is -2.16. The Kier molecular flexibility index (Phi) is 49.3. The highest BCUT2D eigenvalue weighted by Crippen LogP contribution is 2.20. The molecule has 0 unspecified atom stereocenters. The van der Waals surface area contributed by atoms with Gasteiger partial charge in [-0.3, -0.25) is 0 Å². The van der Waals surface area contributed by atoms with Crippen LogP contribution in [0, 0.1) is 5.92 Å². The highest BCUT2D eigenvalue weighted by atomic mass is 35.5. The fourth-order valence-corrected chi connectivity index (χ4v) is 7.98. The molecule has 3 N–H and O–H groups in total. The molecule has 0 aliphatic rings. The molecule has 0 heterocycles. The van der Waals surface area contributed by atoms with Gasteiger partial charge in [-0.25, -0.2) is 0 Å². The van der Waals surface area contributed by atoms with E-state index in [-0.39, 0.29) is 17.6 Å².